The first kappa shape index (κ1) is 18.7. The number of rotatable bonds is 7. The highest BCUT2D eigenvalue weighted by molar-refractivity contribution is 6.02. The molecule has 0 unspecified atom stereocenters. The number of carbonyl (C=O) groups is 3. The van der Waals surface area contributed by atoms with Crippen LogP contribution in [0.15, 0.2) is 47.1 Å². The van der Waals surface area contributed by atoms with Crippen molar-refractivity contribution < 1.29 is 18.8 Å². The Bertz CT molecular complexity index is 795. The highest BCUT2D eigenvalue weighted by Crippen LogP contribution is 2.24. The number of anilines is 2. The molecule has 7 nitrogen and oxygen atoms in total. The van der Waals surface area contributed by atoms with Crippen LogP contribution in [0.3, 0.4) is 0 Å². The molecule has 7 heteroatoms. The van der Waals surface area contributed by atoms with Crippen molar-refractivity contribution in [2.45, 2.75) is 32.1 Å². The molecule has 0 saturated heterocycles. The molecule has 1 aliphatic carbocycles. The van der Waals surface area contributed by atoms with Gasteiger partial charge in [0, 0.05) is 30.3 Å². The molecule has 1 saturated carbocycles. The van der Waals surface area contributed by atoms with E-state index in [1.165, 1.54) is 6.26 Å². The summed E-state index contributed by atoms with van der Waals surface area (Å²) in [4.78, 5) is 36.0. The SMILES string of the molecule is O=C(CCNC(=O)C1CCCC1)Nc1cccc(NC(=O)c2ccco2)c1. The molecule has 0 radical (unpaired) electrons. The minimum Gasteiger partial charge on any atom is -0.459 e. The third-order valence-electron chi connectivity index (χ3n) is 4.53. The van der Waals surface area contributed by atoms with Crippen LogP contribution in [0, 0.1) is 5.92 Å². The lowest BCUT2D eigenvalue weighted by Gasteiger charge is -2.11. The monoisotopic (exact) mass is 369 g/mol. The Hall–Kier alpha value is -3.09. The average Bonchev–Trinajstić information content (AvgIpc) is 3.36. The van der Waals surface area contributed by atoms with Crippen molar-refractivity contribution in [3.8, 4) is 0 Å². The Kier molecular flexibility index (Phi) is 6.25. The van der Waals surface area contributed by atoms with Gasteiger partial charge in [-0.2, -0.15) is 0 Å². The molecular formula is C20H23N3O4. The van der Waals surface area contributed by atoms with Crippen LogP contribution in [0.1, 0.15) is 42.7 Å². The van der Waals surface area contributed by atoms with Gasteiger partial charge in [-0.1, -0.05) is 18.9 Å². The molecule has 1 heterocycles. The fraction of sp³-hybridized carbons (Fsp3) is 0.350. The van der Waals surface area contributed by atoms with Crippen LogP contribution in [0.4, 0.5) is 11.4 Å². The Morgan fingerprint density at radius 2 is 1.74 bits per heavy atom. The summed E-state index contributed by atoms with van der Waals surface area (Å²) in [6, 6.07) is 10.1. The second kappa shape index (κ2) is 9.02. The highest BCUT2D eigenvalue weighted by Gasteiger charge is 2.22. The minimum atomic E-state index is -0.363. The maximum absolute atomic E-state index is 12.1. The number of benzene rings is 1. The van der Waals surface area contributed by atoms with Crippen molar-refractivity contribution in [2.24, 2.45) is 5.92 Å². The molecule has 3 N–H and O–H groups in total. The van der Waals surface area contributed by atoms with Crippen LogP contribution in [-0.4, -0.2) is 24.3 Å². The maximum atomic E-state index is 12.1. The number of carbonyl (C=O) groups excluding carboxylic acids is 3. The average molecular weight is 369 g/mol. The van der Waals surface area contributed by atoms with E-state index in [1.54, 1.807) is 36.4 Å². The zero-order valence-electron chi connectivity index (χ0n) is 15.0. The highest BCUT2D eigenvalue weighted by atomic mass is 16.3. The Morgan fingerprint density at radius 3 is 2.44 bits per heavy atom. The number of hydrogen-bond donors (Lipinski definition) is 3. The Labute approximate surface area is 157 Å². The fourth-order valence-electron chi connectivity index (χ4n) is 3.13. The Morgan fingerprint density at radius 1 is 1.00 bits per heavy atom. The van der Waals surface area contributed by atoms with Crippen molar-refractivity contribution >= 4 is 29.1 Å². The predicted molar refractivity (Wildman–Crippen MR) is 101 cm³/mol. The number of amides is 3. The number of nitrogens with one attached hydrogen (secondary N) is 3. The predicted octanol–water partition coefficient (Wildman–Crippen LogP) is 3.17. The van der Waals surface area contributed by atoms with Crippen LogP contribution in [0.5, 0.6) is 0 Å². The molecule has 1 fully saturated rings. The summed E-state index contributed by atoms with van der Waals surface area (Å²) in [5.74, 6) is -0.206. The van der Waals surface area contributed by atoms with Gasteiger partial charge >= 0.3 is 0 Å². The Balaban J connectivity index is 1.45. The first-order valence-electron chi connectivity index (χ1n) is 9.14. The molecule has 1 aromatic carbocycles. The summed E-state index contributed by atoms with van der Waals surface area (Å²) in [6.45, 7) is 0.316. The standard InChI is InChI=1S/C20H23N3O4/c24-18(10-11-21-19(25)14-5-1-2-6-14)22-15-7-3-8-16(13-15)23-20(26)17-9-4-12-27-17/h3-4,7-9,12-14H,1-2,5-6,10-11H2,(H,21,25)(H,22,24)(H,23,26). The first-order valence-corrected chi connectivity index (χ1v) is 9.14. The maximum Gasteiger partial charge on any atom is 0.291 e. The van der Waals surface area contributed by atoms with E-state index in [2.05, 4.69) is 16.0 Å². The second-order valence-electron chi connectivity index (χ2n) is 6.58. The molecule has 1 aliphatic rings. The molecule has 2 aromatic rings. The summed E-state index contributed by atoms with van der Waals surface area (Å²) in [7, 11) is 0. The van der Waals surface area contributed by atoms with Gasteiger partial charge in [0.1, 0.15) is 0 Å². The van der Waals surface area contributed by atoms with Crippen LogP contribution in [0.25, 0.3) is 0 Å². The van der Waals surface area contributed by atoms with E-state index in [-0.39, 0.29) is 35.8 Å². The summed E-state index contributed by atoms with van der Waals surface area (Å²) >= 11 is 0. The van der Waals surface area contributed by atoms with Gasteiger partial charge in [0.05, 0.1) is 6.26 Å². The molecule has 0 atom stereocenters. The molecule has 27 heavy (non-hydrogen) atoms. The quantitative estimate of drug-likeness (QED) is 0.698. The molecule has 0 spiro atoms. The topological polar surface area (TPSA) is 100 Å². The molecular weight excluding hydrogens is 346 g/mol. The number of hydrogen-bond acceptors (Lipinski definition) is 4. The normalized spacial score (nSPS) is 13.9. The van der Waals surface area contributed by atoms with Gasteiger partial charge in [0.15, 0.2) is 5.76 Å². The first-order chi connectivity index (χ1) is 13.1. The van der Waals surface area contributed by atoms with Crippen LogP contribution < -0.4 is 16.0 Å². The molecule has 142 valence electrons. The number of furan rings is 1. The lowest BCUT2D eigenvalue weighted by molar-refractivity contribution is -0.124. The van der Waals surface area contributed by atoms with Gasteiger partial charge in [-0.3, -0.25) is 14.4 Å². The third-order valence-corrected chi connectivity index (χ3v) is 4.53. The van der Waals surface area contributed by atoms with Crippen molar-refractivity contribution in [3.63, 3.8) is 0 Å². The van der Waals surface area contributed by atoms with Gasteiger partial charge in [-0.05, 0) is 43.2 Å². The second-order valence-corrected chi connectivity index (χ2v) is 6.58. The molecule has 3 rings (SSSR count). The summed E-state index contributed by atoms with van der Waals surface area (Å²) in [5.41, 5.74) is 1.11. The summed E-state index contributed by atoms with van der Waals surface area (Å²) in [5, 5.41) is 8.30. The van der Waals surface area contributed by atoms with E-state index in [4.69, 9.17) is 4.42 Å². The van der Waals surface area contributed by atoms with E-state index < -0.39 is 0 Å². The van der Waals surface area contributed by atoms with Gasteiger partial charge in [-0.15, -0.1) is 0 Å². The largest absolute Gasteiger partial charge is 0.459 e. The van der Waals surface area contributed by atoms with E-state index in [0.29, 0.717) is 17.9 Å². The lowest BCUT2D eigenvalue weighted by atomic mass is 10.1. The van der Waals surface area contributed by atoms with Gasteiger partial charge < -0.3 is 20.4 Å². The minimum absolute atomic E-state index is 0.0444. The molecule has 0 aliphatic heterocycles. The zero-order chi connectivity index (χ0) is 19.1. The van der Waals surface area contributed by atoms with Crippen molar-refractivity contribution in [2.75, 3.05) is 17.2 Å². The lowest BCUT2D eigenvalue weighted by Crippen LogP contribution is -2.32. The molecule has 0 bridgehead atoms. The van der Waals surface area contributed by atoms with Crippen molar-refractivity contribution in [1.82, 2.24) is 5.32 Å². The van der Waals surface area contributed by atoms with E-state index >= 15 is 0 Å². The van der Waals surface area contributed by atoms with Gasteiger partial charge in [-0.25, -0.2) is 0 Å². The van der Waals surface area contributed by atoms with Gasteiger partial charge in [0.2, 0.25) is 11.8 Å². The fourth-order valence-corrected chi connectivity index (χ4v) is 3.13. The van der Waals surface area contributed by atoms with Crippen molar-refractivity contribution in [3.05, 3.63) is 48.4 Å². The van der Waals surface area contributed by atoms with Gasteiger partial charge in [0.25, 0.3) is 5.91 Å². The van der Waals surface area contributed by atoms with E-state index in [0.717, 1.165) is 25.7 Å². The summed E-state index contributed by atoms with van der Waals surface area (Å²) in [6.07, 6.45) is 5.71. The van der Waals surface area contributed by atoms with Crippen LogP contribution >= 0.6 is 0 Å². The third kappa shape index (κ3) is 5.44. The smallest absolute Gasteiger partial charge is 0.291 e. The van der Waals surface area contributed by atoms with E-state index in [1.807, 2.05) is 0 Å². The van der Waals surface area contributed by atoms with Crippen LogP contribution in [-0.2, 0) is 9.59 Å². The molecule has 1 aromatic heterocycles. The van der Waals surface area contributed by atoms with Crippen LogP contribution in [0.2, 0.25) is 0 Å². The van der Waals surface area contributed by atoms with Crippen molar-refractivity contribution in [1.29, 1.82) is 0 Å². The molecule has 3 amide bonds. The zero-order valence-corrected chi connectivity index (χ0v) is 15.0. The summed E-state index contributed by atoms with van der Waals surface area (Å²) < 4.78 is 5.05. The van der Waals surface area contributed by atoms with E-state index in [9.17, 15) is 14.4 Å².